The molecule has 4 heterocycles. The van der Waals surface area contributed by atoms with Crippen molar-refractivity contribution < 1.29 is 81.5 Å². The highest BCUT2D eigenvalue weighted by atomic mass is 79.9. The largest absolute Gasteiger partial charge is 1.00 e. The van der Waals surface area contributed by atoms with Gasteiger partial charge in [0.05, 0.1) is 38.8 Å². The number of alkyl halides is 2. The summed E-state index contributed by atoms with van der Waals surface area (Å²) in [4.78, 5) is 114. The lowest BCUT2D eigenvalue weighted by atomic mass is 9.89. The quantitative estimate of drug-likeness (QED) is 0.0248. The maximum absolute atomic E-state index is 13.5. The van der Waals surface area contributed by atoms with E-state index in [0.717, 1.165) is 82.8 Å². The minimum absolute atomic E-state index is 0. The van der Waals surface area contributed by atoms with Crippen LogP contribution in [0, 0.1) is 0 Å². The van der Waals surface area contributed by atoms with Gasteiger partial charge >= 0.3 is 0 Å². The van der Waals surface area contributed by atoms with Gasteiger partial charge in [-0.2, -0.15) is 0 Å². The van der Waals surface area contributed by atoms with E-state index in [-0.39, 0.29) is 101 Å². The van der Waals surface area contributed by atoms with Crippen molar-refractivity contribution in [2.45, 2.75) is 223 Å². The molecule has 0 radical (unpaired) electrons. The zero-order valence-electron chi connectivity index (χ0n) is 73.8. The molecule has 0 atom stereocenters. The van der Waals surface area contributed by atoms with Gasteiger partial charge in [0.2, 0.25) is 81.7 Å². The van der Waals surface area contributed by atoms with Gasteiger partial charge in [-0.05, 0) is 94.0 Å². The van der Waals surface area contributed by atoms with Crippen molar-refractivity contribution in [3.8, 4) is 0 Å². The summed E-state index contributed by atoms with van der Waals surface area (Å²) in [5.74, 6) is -0.767. The predicted molar refractivity (Wildman–Crippen MR) is 522 cm³/mol. The third-order valence-electron chi connectivity index (χ3n) is 24.0. The first-order chi connectivity index (χ1) is 61.7. The number of imidazole rings is 4. The number of rotatable bonds is 31. The van der Waals surface area contributed by atoms with Gasteiger partial charge in [-0.15, -0.1) is 0 Å². The fourth-order valence-corrected chi connectivity index (χ4v) is 18.2. The number of aryl methyl sites for hydroxylation is 8. The molecule has 4 aliphatic carbocycles. The standard InChI is InChI=1S/2C30H31N2O2.C18H20N2O2.C12H11Br.C11H6N2O2.C7H15Br.2CH4.2BrH/c2*1-2-3-4-5-10-19-31-21-32(20-18-23-14-11-13-22-12-6-7-15-24(22)23)28-27(31)29(33)25-16-8-9-17-26(25)30(28)34;1-2-3-4-5-8-11-20-12-19-15-16(20)18(22)14-10-7-6-9-13(14)17(15)21;13-9-8-11-6-3-5-10-4-1-2-7-12(10)11;14-10-6-3-1-2-4-7(6)11(15)9-8(10)12-5-13-9;1-2-3-4-5-6-7-8;;;;/h2*6-9,11-17,21H,2-5,10,18-20H2,1H3;6-7,9-10,12H,2-5,8,11H2,1H3;1-7H,8-9H2;1-5H,(H,12,13);2-7H2,1H3;2*1H4;2*1H/q2*+1;;;;;;;;/p-2. The minimum atomic E-state index is -0.193. The molecule has 16 nitrogen and oxygen atoms in total. The predicted octanol–water partition coefficient (Wildman–Crippen LogP) is 19.1. The van der Waals surface area contributed by atoms with Crippen LogP contribution in [0.25, 0.3) is 32.3 Å². The number of fused-ring (bicyclic) bond motifs is 11. The van der Waals surface area contributed by atoms with Crippen LogP contribution in [0.2, 0.25) is 0 Å². The number of ketones is 8. The van der Waals surface area contributed by atoms with E-state index in [9.17, 15) is 38.4 Å². The zero-order chi connectivity index (χ0) is 88.3. The average molecular weight is 2000 g/mol. The van der Waals surface area contributed by atoms with Crippen LogP contribution in [0.3, 0.4) is 0 Å². The molecule has 0 bridgehead atoms. The van der Waals surface area contributed by atoms with Crippen molar-refractivity contribution in [3.05, 3.63) is 357 Å². The van der Waals surface area contributed by atoms with Gasteiger partial charge in [-0.3, -0.25) is 38.4 Å². The fourth-order valence-electron chi connectivity index (χ4n) is 17.4. The second-order valence-corrected chi connectivity index (χ2v) is 34.3. The van der Waals surface area contributed by atoms with Gasteiger partial charge < -0.3 is 43.5 Å². The Labute approximate surface area is 804 Å². The van der Waals surface area contributed by atoms with E-state index in [2.05, 4.69) is 202 Å². The number of hydrogen-bond acceptors (Lipinski definition) is 10. The summed E-state index contributed by atoms with van der Waals surface area (Å²) in [5, 5.41) is 9.84. The van der Waals surface area contributed by atoms with Gasteiger partial charge in [-0.1, -0.05) is 389 Å². The molecule has 0 saturated heterocycles. The molecule has 20 heteroatoms. The third kappa shape index (κ3) is 24.4. The molecule has 0 amide bonds. The van der Waals surface area contributed by atoms with Crippen LogP contribution in [0.4, 0.5) is 0 Å². The monoisotopic (exact) mass is 2000 g/mol. The van der Waals surface area contributed by atoms with E-state index in [1.165, 1.54) is 151 Å². The molecule has 1 N–H and O–H groups in total. The number of hydrogen-bond donors (Lipinski definition) is 1. The summed E-state index contributed by atoms with van der Waals surface area (Å²) in [7, 11) is 0. The van der Waals surface area contributed by atoms with Gasteiger partial charge in [0.15, 0.2) is 0 Å². The molecule has 130 heavy (non-hydrogen) atoms. The Balaban J connectivity index is 0.000000185. The van der Waals surface area contributed by atoms with Crippen molar-refractivity contribution in [2.75, 3.05) is 10.7 Å². The Bertz CT molecular complexity index is 5930. The fraction of sp³-hybridized carbons (Fsp3) is 0.327. The van der Waals surface area contributed by atoms with Crippen LogP contribution < -0.4 is 43.1 Å². The van der Waals surface area contributed by atoms with Crippen LogP contribution >= 0.6 is 31.9 Å². The Hall–Kier alpha value is -10.9. The summed E-state index contributed by atoms with van der Waals surface area (Å²) in [6.07, 6.45) is 34.0. The molecule has 4 aromatic heterocycles. The number of carbonyl (C=O) groups is 8. The first-order valence-electron chi connectivity index (χ1n) is 45.3. The maximum atomic E-state index is 13.5. The molecular weight excluding hydrogens is 1880 g/mol. The van der Waals surface area contributed by atoms with E-state index >= 15 is 0 Å². The van der Waals surface area contributed by atoms with Gasteiger partial charge in [0, 0.05) is 74.6 Å². The molecule has 0 unspecified atom stereocenters. The Kier molecular flexibility index (Phi) is 40.8. The average Bonchev–Trinajstić information content (AvgIpc) is 1.58. The SMILES string of the molecule is BrCCc1cccc2ccccc12.C.C.CCCCCCCBr.CCCCCCC[n+]1cn(CCc2cccc3ccccc23)c2c1C(=O)c1ccccc1C2=O.CCCCCCC[n+]1cn(CCc2cccc3ccccc23)c2c1C(=O)c1ccccc1C2=O.CCCCCCCn1cnc2c1C(=O)c1ccccc1C2=O.O=C1c2ccccc2C(=O)c2[nH]cnc21.[Br-].[Br-]. The smallest absolute Gasteiger partial charge is 0.244 e. The molecule has 678 valence electrons. The molecule has 14 aromatic rings. The Morgan fingerprint density at radius 3 is 1.02 bits per heavy atom. The number of aromatic nitrogens is 8. The first kappa shape index (κ1) is 103. The van der Waals surface area contributed by atoms with E-state index in [1.54, 1.807) is 79.1 Å². The highest BCUT2D eigenvalue weighted by molar-refractivity contribution is 9.09. The Morgan fingerprint density at radius 1 is 0.300 bits per heavy atom. The van der Waals surface area contributed by atoms with E-state index in [1.807, 2.05) is 59.8 Å². The van der Waals surface area contributed by atoms with Crippen LogP contribution in [0.1, 0.15) is 316 Å². The van der Waals surface area contributed by atoms with Crippen molar-refractivity contribution in [1.82, 2.24) is 28.7 Å². The second kappa shape index (κ2) is 51.6. The van der Waals surface area contributed by atoms with Crippen molar-refractivity contribution in [1.29, 1.82) is 0 Å². The summed E-state index contributed by atoms with van der Waals surface area (Å²) in [6, 6.07) is 72.7. The maximum Gasteiger partial charge on any atom is 0.244 e. The van der Waals surface area contributed by atoms with E-state index in [0.29, 0.717) is 97.5 Å². The number of aromatic amines is 1. The normalized spacial score (nSPS) is 12.1. The summed E-state index contributed by atoms with van der Waals surface area (Å²) in [5.41, 5.74) is 11.3. The molecule has 4 aliphatic rings. The summed E-state index contributed by atoms with van der Waals surface area (Å²) in [6.45, 7) is 12.4. The Morgan fingerprint density at radius 2 is 0.623 bits per heavy atom. The number of nitrogens with zero attached hydrogens (tertiary/aromatic N) is 7. The van der Waals surface area contributed by atoms with Crippen LogP contribution in [-0.2, 0) is 52.0 Å². The van der Waals surface area contributed by atoms with Crippen molar-refractivity contribution in [2.24, 2.45) is 0 Å². The highest BCUT2D eigenvalue weighted by Crippen LogP contribution is 2.33. The van der Waals surface area contributed by atoms with E-state index < -0.39 is 0 Å². The van der Waals surface area contributed by atoms with Crippen molar-refractivity contribution >= 4 is 110 Å². The molecule has 18 rings (SSSR count). The van der Waals surface area contributed by atoms with Gasteiger partial charge in [0.1, 0.15) is 22.8 Å². The molecule has 0 spiro atoms. The molecule has 0 fully saturated rings. The highest BCUT2D eigenvalue weighted by Gasteiger charge is 2.43. The second-order valence-electron chi connectivity index (χ2n) is 32.7. The molecular formula is C110H122Br4N8O8. The summed E-state index contributed by atoms with van der Waals surface area (Å²) < 4.78 is 9.93. The number of halogens is 4. The lowest BCUT2D eigenvalue weighted by molar-refractivity contribution is -0.698. The van der Waals surface area contributed by atoms with Crippen LogP contribution in [0.5, 0.6) is 0 Å². The number of unbranched alkanes of at least 4 members (excludes halogenated alkanes) is 16. The topological polar surface area (TPSA) is 201 Å². The number of carbonyl (C=O) groups excluding carboxylic acids is 8. The number of nitrogens with one attached hydrogen (secondary N) is 1. The van der Waals surface area contributed by atoms with E-state index in [4.69, 9.17) is 0 Å². The minimum Gasteiger partial charge on any atom is -1.00 e. The lowest BCUT2D eigenvalue weighted by Crippen LogP contribution is -3.00. The van der Waals surface area contributed by atoms with Gasteiger partial charge in [-0.25, -0.2) is 28.2 Å². The van der Waals surface area contributed by atoms with Gasteiger partial charge in [0.25, 0.3) is 0 Å². The number of H-pyrrole nitrogens is 1. The zero-order valence-corrected chi connectivity index (χ0v) is 80.1. The van der Waals surface area contributed by atoms with Crippen LogP contribution in [0.15, 0.2) is 250 Å². The molecule has 10 aromatic carbocycles. The number of benzene rings is 10. The molecule has 0 saturated carbocycles. The summed E-state index contributed by atoms with van der Waals surface area (Å²) >= 11 is 6.87. The molecule has 0 aliphatic heterocycles. The lowest BCUT2D eigenvalue weighted by Gasteiger charge is -2.15. The van der Waals surface area contributed by atoms with Crippen LogP contribution in [-0.4, -0.2) is 85.6 Å². The van der Waals surface area contributed by atoms with Crippen molar-refractivity contribution in [3.63, 3.8) is 0 Å². The third-order valence-corrected chi connectivity index (χ3v) is 25.0. The first-order valence-corrected chi connectivity index (χ1v) is 47.6.